The van der Waals surface area contributed by atoms with Gasteiger partial charge in [-0.15, -0.1) is 0 Å². The van der Waals surface area contributed by atoms with E-state index >= 15 is 0 Å². The number of nitrogens with two attached hydrogens (primary N) is 1. The lowest BCUT2D eigenvalue weighted by molar-refractivity contribution is 0.0688. The molecule has 3 N–H and O–H groups in total. The highest BCUT2D eigenvalue weighted by Gasteiger charge is 2.17. The average molecular weight is 410 g/mol. The van der Waals surface area contributed by atoms with Crippen molar-refractivity contribution >= 4 is 16.9 Å². The van der Waals surface area contributed by atoms with E-state index in [1.165, 1.54) is 25.9 Å². The Morgan fingerprint density at radius 1 is 1.10 bits per heavy atom. The Bertz CT molecular complexity index is 988. The number of aromatic carboxylic acids is 1. The number of aromatic nitrogens is 1. The summed E-state index contributed by atoms with van der Waals surface area (Å²) in [6.45, 7) is 6.88. The first-order valence-corrected chi connectivity index (χ1v) is 10.4. The third-order valence-corrected chi connectivity index (χ3v) is 5.55. The van der Waals surface area contributed by atoms with Crippen LogP contribution < -0.4 is 10.5 Å². The first-order chi connectivity index (χ1) is 14.4. The lowest BCUT2D eigenvalue weighted by Gasteiger charge is -2.32. The van der Waals surface area contributed by atoms with Crippen LogP contribution in [-0.2, 0) is 0 Å². The van der Waals surface area contributed by atoms with Crippen LogP contribution in [0.15, 0.2) is 54.6 Å². The minimum atomic E-state index is -0.955. The second-order valence-electron chi connectivity index (χ2n) is 7.90. The van der Waals surface area contributed by atoms with E-state index in [2.05, 4.69) is 18.7 Å². The van der Waals surface area contributed by atoms with Gasteiger partial charge in [-0.2, -0.15) is 0 Å². The maximum Gasteiger partial charge on any atom is 0.352 e. The molecule has 2 aromatic carbocycles. The standard InChI is InChI=1S/C16H13NO3.C8H18N2/c1-20-13-7-4-6-12(10-13)17-14-8-3-2-5-11(14)9-15(17)16(18)19;1-7(2)10-5-3-8(9)4-6-10/h2-10H,1H3,(H,18,19);7-8H,3-6,9H2,1-2H3. The molecule has 1 fully saturated rings. The molecular formula is C24H31N3O3. The Hall–Kier alpha value is -2.83. The van der Waals surface area contributed by atoms with Crippen LogP contribution in [0.25, 0.3) is 16.6 Å². The molecule has 4 rings (SSSR count). The number of rotatable bonds is 4. The van der Waals surface area contributed by atoms with Gasteiger partial charge in [-0.05, 0) is 64.0 Å². The van der Waals surface area contributed by atoms with Crippen molar-refractivity contribution in [2.75, 3.05) is 20.2 Å². The van der Waals surface area contributed by atoms with Gasteiger partial charge in [0.2, 0.25) is 0 Å². The van der Waals surface area contributed by atoms with Gasteiger partial charge in [0.25, 0.3) is 0 Å². The number of ether oxygens (including phenoxy) is 1. The van der Waals surface area contributed by atoms with E-state index in [0.29, 0.717) is 17.8 Å². The fourth-order valence-electron chi connectivity index (χ4n) is 3.78. The largest absolute Gasteiger partial charge is 0.497 e. The molecule has 160 valence electrons. The molecule has 6 nitrogen and oxygen atoms in total. The van der Waals surface area contributed by atoms with Gasteiger partial charge in [0.05, 0.1) is 18.3 Å². The van der Waals surface area contributed by atoms with Gasteiger partial charge in [-0.1, -0.05) is 24.3 Å². The van der Waals surface area contributed by atoms with Gasteiger partial charge in [-0.3, -0.25) is 0 Å². The van der Waals surface area contributed by atoms with Gasteiger partial charge in [0, 0.05) is 23.5 Å². The molecule has 0 unspecified atom stereocenters. The second kappa shape index (κ2) is 9.78. The molecule has 3 aromatic rings. The molecule has 1 aromatic heterocycles. The number of carboxylic acids is 1. The monoisotopic (exact) mass is 409 g/mol. The molecule has 0 atom stereocenters. The zero-order valence-corrected chi connectivity index (χ0v) is 17.9. The molecule has 1 aliphatic rings. The number of likely N-dealkylation sites (tertiary alicyclic amines) is 1. The van der Waals surface area contributed by atoms with Crippen LogP contribution in [0.3, 0.4) is 0 Å². The van der Waals surface area contributed by atoms with Crippen molar-refractivity contribution in [1.29, 1.82) is 0 Å². The molecule has 2 heterocycles. The van der Waals surface area contributed by atoms with Crippen molar-refractivity contribution in [2.24, 2.45) is 5.73 Å². The smallest absolute Gasteiger partial charge is 0.352 e. The number of nitrogens with zero attached hydrogens (tertiary/aromatic N) is 2. The van der Waals surface area contributed by atoms with Crippen LogP contribution in [0.2, 0.25) is 0 Å². The summed E-state index contributed by atoms with van der Waals surface area (Å²) >= 11 is 0. The van der Waals surface area contributed by atoms with Gasteiger partial charge >= 0.3 is 5.97 Å². The Morgan fingerprint density at radius 3 is 2.43 bits per heavy atom. The number of fused-ring (bicyclic) bond motifs is 1. The van der Waals surface area contributed by atoms with E-state index in [0.717, 1.165) is 16.6 Å². The number of hydrogen-bond acceptors (Lipinski definition) is 4. The molecule has 0 spiro atoms. The number of carboxylic acid groups (broad SMARTS) is 1. The molecule has 1 saturated heterocycles. The quantitative estimate of drug-likeness (QED) is 0.676. The van der Waals surface area contributed by atoms with Crippen molar-refractivity contribution in [2.45, 2.75) is 38.8 Å². The van der Waals surface area contributed by atoms with Gasteiger partial charge in [-0.25, -0.2) is 4.79 Å². The van der Waals surface area contributed by atoms with Crippen LogP contribution >= 0.6 is 0 Å². The predicted molar refractivity (Wildman–Crippen MR) is 121 cm³/mol. The molecule has 30 heavy (non-hydrogen) atoms. The predicted octanol–water partition coefficient (Wildman–Crippen LogP) is 4.16. The summed E-state index contributed by atoms with van der Waals surface area (Å²) in [7, 11) is 1.59. The number of para-hydroxylation sites is 1. The summed E-state index contributed by atoms with van der Waals surface area (Å²) in [5.41, 5.74) is 7.63. The first kappa shape index (κ1) is 21.9. The van der Waals surface area contributed by atoms with Gasteiger partial charge in [0.1, 0.15) is 11.4 Å². The van der Waals surface area contributed by atoms with Crippen LogP contribution in [0.1, 0.15) is 37.2 Å². The van der Waals surface area contributed by atoms with E-state index in [4.69, 9.17) is 10.5 Å². The van der Waals surface area contributed by atoms with Crippen molar-refractivity contribution in [3.63, 3.8) is 0 Å². The van der Waals surface area contributed by atoms with E-state index < -0.39 is 5.97 Å². The Balaban J connectivity index is 0.000000216. The van der Waals surface area contributed by atoms with Crippen LogP contribution in [-0.4, -0.2) is 52.8 Å². The third kappa shape index (κ3) is 5.01. The molecule has 0 aliphatic carbocycles. The fourth-order valence-corrected chi connectivity index (χ4v) is 3.78. The van der Waals surface area contributed by atoms with Crippen molar-refractivity contribution in [3.05, 3.63) is 60.3 Å². The van der Waals surface area contributed by atoms with Crippen molar-refractivity contribution in [3.8, 4) is 11.4 Å². The Kier molecular flexibility index (Phi) is 7.13. The van der Waals surface area contributed by atoms with Crippen LogP contribution in [0.5, 0.6) is 5.75 Å². The summed E-state index contributed by atoms with van der Waals surface area (Å²) in [6.07, 6.45) is 2.36. The highest BCUT2D eigenvalue weighted by Crippen LogP contribution is 2.26. The van der Waals surface area contributed by atoms with E-state index in [9.17, 15) is 9.90 Å². The summed E-state index contributed by atoms with van der Waals surface area (Å²) in [5.74, 6) is -0.263. The third-order valence-electron chi connectivity index (χ3n) is 5.55. The maximum absolute atomic E-state index is 11.5. The minimum Gasteiger partial charge on any atom is -0.497 e. The van der Waals surface area contributed by atoms with Crippen molar-refractivity contribution in [1.82, 2.24) is 9.47 Å². The summed E-state index contributed by atoms with van der Waals surface area (Å²) < 4.78 is 6.93. The Labute approximate surface area is 177 Å². The minimum absolute atomic E-state index is 0.236. The normalized spacial score (nSPS) is 15.1. The fraction of sp³-hybridized carbons (Fsp3) is 0.375. The second-order valence-corrected chi connectivity index (χ2v) is 7.90. The maximum atomic E-state index is 11.5. The number of methoxy groups -OCH3 is 1. The topological polar surface area (TPSA) is 80.7 Å². The lowest BCUT2D eigenvalue weighted by Crippen LogP contribution is -2.42. The molecule has 0 radical (unpaired) electrons. The SMILES string of the molecule is CC(C)N1CCC(N)CC1.COc1cccc(-n2c(C(=O)O)cc3ccccc32)c1. The summed E-state index contributed by atoms with van der Waals surface area (Å²) in [6, 6.07) is 17.8. The van der Waals surface area contributed by atoms with E-state index in [1.807, 2.05) is 48.5 Å². The van der Waals surface area contributed by atoms with Crippen molar-refractivity contribution < 1.29 is 14.6 Å². The van der Waals surface area contributed by atoms with Gasteiger partial charge < -0.3 is 25.0 Å². The zero-order chi connectivity index (χ0) is 21.7. The Morgan fingerprint density at radius 2 is 1.80 bits per heavy atom. The number of piperidine rings is 1. The number of hydrogen-bond donors (Lipinski definition) is 2. The van der Waals surface area contributed by atoms with Gasteiger partial charge in [0.15, 0.2) is 0 Å². The number of benzene rings is 2. The van der Waals surface area contributed by atoms with Crippen LogP contribution in [0.4, 0.5) is 0 Å². The van der Waals surface area contributed by atoms with Crippen LogP contribution in [0, 0.1) is 0 Å². The summed E-state index contributed by atoms with van der Waals surface area (Å²) in [5, 5.41) is 10.3. The molecule has 1 aliphatic heterocycles. The molecule has 0 saturated carbocycles. The highest BCUT2D eigenvalue weighted by molar-refractivity contribution is 5.96. The highest BCUT2D eigenvalue weighted by atomic mass is 16.5. The van der Waals surface area contributed by atoms with E-state index in [1.54, 1.807) is 17.7 Å². The lowest BCUT2D eigenvalue weighted by atomic mass is 10.1. The number of carbonyl (C=O) groups is 1. The summed E-state index contributed by atoms with van der Waals surface area (Å²) in [4.78, 5) is 14.0. The van der Waals surface area contributed by atoms with E-state index in [-0.39, 0.29) is 5.69 Å². The first-order valence-electron chi connectivity index (χ1n) is 10.4. The average Bonchev–Trinajstić information content (AvgIpc) is 3.14. The molecule has 0 amide bonds. The molecular weight excluding hydrogens is 378 g/mol. The molecule has 0 bridgehead atoms. The zero-order valence-electron chi connectivity index (χ0n) is 17.9. The molecule has 6 heteroatoms.